The van der Waals surface area contributed by atoms with Gasteiger partial charge >= 0.3 is 0 Å². The van der Waals surface area contributed by atoms with Gasteiger partial charge in [0.05, 0.1) is 6.61 Å². The number of anilines is 1. The van der Waals surface area contributed by atoms with E-state index in [1.54, 1.807) is 0 Å². The maximum atomic E-state index is 9.02. The molecule has 2 rings (SSSR count). The highest BCUT2D eigenvalue weighted by Crippen LogP contribution is 2.18. The van der Waals surface area contributed by atoms with Crippen LogP contribution >= 0.6 is 24.0 Å². The summed E-state index contributed by atoms with van der Waals surface area (Å²) >= 11 is 0. The third-order valence-electron chi connectivity index (χ3n) is 3.71. The Morgan fingerprint density at radius 3 is 2.42 bits per heavy atom. The number of nitrogens with one attached hydrogen (secondary N) is 1. The summed E-state index contributed by atoms with van der Waals surface area (Å²) in [7, 11) is 0. The van der Waals surface area contributed by atoms with Crippen LogP contribution in [0.15, 0.2) is 53.5 Å². The number of nitrogens with two attached hydrogens (primary N) is 1. The van der Waals surface area contributed by atoms with Crippen molar-refractivity contribution in [3.05, 3.63) is 65.2 Å². The second-order valence-electron chi connectivity index (χ2n) is 5.90. The molecule has 24 heavy (non-hydrogen) atoms. The van der Waals surface area contributed by atoms with Gasteiger partial charge in [0.25, 0.3) is 0 Å². The second-order valence-corrected chi connectivity index (χ2v) is 5.90. The Balaban J connectivity index is 0.00000288. The lowest BCUT2D eigenvalue weighted by molar-refractivity contribution is 0.282. The quantitative estimate of drug-likeness (QED) is 0.364. The van der Waals surface area contributed by atoms with Gasteiger partial charge in [-0.15, -0.1) is 24.0 Å². The van der Waals surface area contributed by atoms with Gasteiger partial charge in [-0.2, -0.15) is 0 Å². The van der Waals surface area contributed by atoms with Crippen molar-refractivity contribution < 1.29 is 5.11 Å². The number of guanidine groups is 1. The lowest BCUT2D eigenvalue weighted by atomic mass is 10.0. The summed E-state index contributed by atoms with van der Waals surface area (Å²) in [5.74, 6) is 0.912. The third-order valence-corrected chi connectivity index (χ3v) is 3.71. The van der Waals surface area contributed by atoms with Crippen LogP contribution in [0.1, 0.15) is 36.5 Å². The standard InChI is InChI=1S/C19H25N3O.HI/c1-14(2)17-4-3-5-18(12-17)22-19(20)21-11-10-15-6-8-16(13-23)9-7-15;/h3-9,12,14,23H,10-11,13H2,1-2H3,(H3,20,21,22);1H. The zero-order chi connectivity index (χ0) is 16.7. The van der Waals surface area contributed by atoms with E-state index in [0.29, 0.717) is 18.4 Å². The molecule has 0 aliphatic rings. The molecule has 0 spiro atoms. The monoisotopic (exact) mass is 439 g/mol. The summed E-state index contributed by atoms with van der Waals surface area (Å²) in [6, 6.07) is 16.1. The van der Waals surface area contributed by atoms with E-state index in [0.717, 1.165) is 17.7 Å². The Kier molecular flexibility index (Phi) is 8.78. The van der Waals surface area contributed by atoms with Gasteiger partial charge in [0.15, 0.2) is 5.96 Å². The average Bonchev–Trinajstić information content (AvgIpc) is 2.55. The average molecular weight is 439 g/mol. The zero-order valence-corrected chi connectivity index (χ0v) is 16.5. The van der Waals surface area contributed by atoms with Crippen molar-refractivity contribution >= 4 is 35.6 Å². The molecule has 0 unspecified atom stereocenters. The smallest absolute Gasteiger partial charge is 0.193 e. The van der Waals surface area contributed by atoms with Gasteiger partial charge in [0.1, 0.15) is 0 Å². The van der Waals surface area contributed by atoms with Gasteiger partial charge in [0.2, 0.25) is 0 Å². The maximum Gasteiger partial charge on any atom is 0.193 e. The van der Waals surface area contributed by atoms with E-state index in [1.807, 2.05) is 36.4 Å². The first-order valence-electron chi connectivity index (χ1n) is 7.94. The van der Waals surface area contributed by atoms with Crippen LogP contribution < -0.4 is 11.1 Å². The predicted octanol–water partition coefficient (Wildman–Crippen LogP) is 3.89. The minimum Gasteiger partial charge on any atom is -0.392 e. The van der Waals surface area contributed by atoms with Crippen LogP contribution in [0, 0.1) is 0 Å². The van der Waals surface area contributed by atoms with E-state index < -0.39 is 0 Å². The molecule has 0 aliphatic carbocycles. The molecular formula is C19H26IN3O. The van der Waals surface area contributed by atoms with Crippen molar-refractivity contribution in [2.24, 2.45) is 10.7 Å². The number of rotatable bonds is 6. The van der Waals surface area contributed by atoms with Crippen molar-refractivity contribution in [1.82, 2.24) is 0 Å². The fourth-order valence-electron chi connectivity index (χ4n) is 2.28. The molecular weight excluding hydrogens is 413 g/mol. The number of aliphatic hydroxyl groups is 1. The van der Waals surface area contributed by atoms with Crippen LogP contribution in [0.4, 0.5) is 5.69 Å². The Morgan fingerprint density at radius 1 is 1.12 bits per heavy atom. The minimum atomic E-state index is 0. The Labute approximate surface area is 161 Å². The van der Waals surface area contributed by atoms with Crippen molar-refractivity contribution in [2.75, 3.05) is 11.9 Å². The summed E-state index contributed by atoms with van der Waals surface area (Å²) in [5.41, 5.74) is 10.3. The van der Waals surface area contributed by atoms with E-state index in [2.05, 4.69) is 36.3 Å². The molecule has 0 atom stereocenters. The van der Waals surface area contributed by atoms with Gasteiger partial charge in [0, 0.05) is 12.2 Å². The fourth-order valence-corrected chi connectivity index (χ4v) is 2.28. The summed E-state index contributed by atoms with van der Waals surface area (Å²) in [4.78, 5) is 4.37. The number of aliphatic imine (C=N–C) groups is 1. The number of nitrogens with zero attached hydrogens (tertiary/aromatic N) is 1. The van der Waals surface area contributed by atoms with Gasteiger partial charge < -0.3 is 16.2 Å². The van der Waals surface area contributed by atoms with Crippen LogP contribution in [0.25, 0.3) is 0 Å². The van der Waals surface area contributed by atoms with Crippen molar-refractivity contribution in [2.45, 2.75) is 32.8 Å². The zero-order valence-electron chi connectivity index (χ0n) is 14.2. The highest BCUT2D eigenvalue weighted by molar-refractivity contribution is 14.0. The molecule has 0 amide bonds. The molecule has 130 valence electrons. The largest absolute Gasteiger partial charge is 0.392 e. The first kappa shape index (κ1) is 20.4. The summed E-state index contributed by atoms with van der Waals surface area (Å²) in [5, 5.41) is 12.2. The van der Waals surface area contributed by atoms with Gasteiger partial charge in [-0.1, -0.05) is 50.2 Å². The Bertz CT molecular complexity index is 654. The molecule has 2 aromatic rings. The lowest BCUT2D eigenvalue weighted by Gasteiger charge is -2.10. The molecule has 0 heterocycles. The molecule has 0 aromatic heterocycles. The number of hydrogen-bond donors (Lipinski definition) is 3. The second kappa shape index (κ2) is 10.3. The molecule has 4 N–H and O–H groups in total. The summed E-state index contributed by atoms with van der Waals surface area (Å²) in [6.45, 7) is 5.03. The molecule has 2 aromatic carbocycles. The van der Waals surface area contributed by atoms with Crippen molar-refractivity contribution in [3.8, 4) is 0 Å². The molecule has 0 aliphatic heterocycles. The number of benzene rings is 2. The van der Waals surface area contributed by atoms with E-state index in [-0.39, 0.29) is 30.6 Å². The highest BCUT2D eigenvalue weighted by Gasteiger charge is 2.01. The van der Waals surface area contributed by atoms with Gasteiger partial charge in [-0.3, -0.25) is 4.99 Å². The molecule has 5 heteroatoms. The van der Waals surface area contributed by atoms with Gasteiger partial charge in [-0.05, 0) is 41.2 Å². The maximum absolute atomic E-state index is 9.02. The molecule has 0 radical (unpaired) electrons. The van der Waals surface area contributed by atoms with Crippen LogP contribution in [0.2, 0.25) is 0 Å². The normalized spacial score (nSPS) is 11.2. The van der Waals surface area contributed by atoms with Crippen LogP contribution in [0.3, 0.4) is 0 Å². The molecule has 0 saturated carbocycles. The first-order chi connectivity index (χ1) is 11.1. The van der Waals surface area contributed by atoms with Crippen LogP contribution in [-0.2, 0) is 13.0 Å². The summed E-state index contributed by atoms with van der Waals surface area (Å²) < 4.78 is 0. The third kappa shape index (κ3) is 6.49. The Morgan fingerprint density at radius 2 is 1.79 bits per heavy atom. The first-order valence-corrected chi connectivity index (χ1v) is 7.94. The summed E-state index contributed by atoms with van der Waals surface area (Å²) in [6.07, 6.45) is 0.820. The number of halogens is 1. The van der Waals surface area contributed by atoms with E-state index in [1.165, 1.54) is 11.1 Å². The SMILES string of the molecule is CC(C)c1cccc(NC(N)=NCCc2ccc(CO)cc2)c1.I. The molecule has 0 bridgehead atoms. The number of hydrogen-bond acceptors (Lipinski definition) is 2. The van der Waals surface area contributed by atoms with Crippen molar-refractivity contribution in [1.29, 1.82) is 0 Å². The molecule has 0 saturated heterocycles. The van der Waals surface area contributed by atoms with Crippen LogP contribution in [0.5, 0.6) is 0 Å². The fraction of sp³-hybridized carbons (Fsp3) is 0.316. The number of aliphatic hydroxyl groups excluding tert-OH is 1. The van der Waals surface area contributed by atoms with E-state index in [9.17, 15) is 0 Å². The van der Waals surface area contributed by atoms with Crippen LogP contribution in [-0.4, -0.2) is 17.6 Å². The molecule has 0 fully saturated rings. The highest BCUT2D eigenvalue weighted by atomic mass is 127. The minimum absolute atomic E-state index is 0. The predicted molar refractivity (Wildman–Crippen MR) is 112 cm³/mol. The topological polar surface area (TPSA) is 70.6 Å². The van der Waals surface area contributed by atoms with E-state index >= 15 is 0 Å². The van der Waals surface area contributed by atoms with Crippen molar-refractivity contribution in [3.63, 3.8) is 0 Å². The molecule has 4 nitrogen and oxygen atoms in total. The van der Waals surface area contributed by atoms with E-state index in [4.69, 9.17) is 10.8 Å². The lowest BCUT2D eigenvalue weighted by Crippen LogP contribution is -2.23. The van der Waals surface area contributed by atoms with Gasteiger partial charge in [-0.25, -0.2) is 0 Å². The Hall–Kier alpha value is -1.60.